The van der Waals surface area contributed by atoms with Crippen molar-refractivity contribution < 1.29 is 9.59 Å². The summed E-state index contributed by atoms with van der Waals surface area (Å²) in [5, 5.41) is 3.07. The number of rotatable bonds is 4. The fourth-order valence-electron chi connectivity index (χ4n) is 2.72. The smallest absolute Gasteiger partial charge is 0.227 e. The summed E-state index contributed by atoms with van der Waals surface area (Å²) in [6.45, 7) is 11.3. The Hall–Kier alpha value is -1.06. The van der Waals surface area contributed by atoms with E-state index in [1.54, 1.807) is 0 Å². The van der Waals surface area contributed by atoms with Gasteiger partial charge in [0, 0.05) is 24.5 Å². The Labute approximate surface area is 123 Å². The Morgan fingerprint density at radius 2 is 2.00 bits per heavy atom. The second-order valence-corrected chi connectivity index (χ2v) is 7.04. The van der Waals surface area contributed by atoms with Gasteiger partial charge in [0.2, 0.25) is 11.8 Å². The highest BCUT2D eigenvalue weighted by Crippen LogP contribution is 2.23. The molecule has 1 saturated heterocycles. The molecule has 4 heteroatoms. The lowest BCUT2D eigenvalue weighted by Gasteiger charge is -2.36. The van der Waals surface area contributed by atoms with Gasteiger partial charge in [0.05, 0.1) is 5.92 Å². The number of amides is 2. The molecule has 0 aromatic heterocycles. The molecule has 1 heterocycles. The highest BCUT2D eigenvalue weighted by molar-refractivity contribution is 5.84. The molecule has 2 atom stereocenters. The minimum absolute atomic E-state index is 0.0469. The SMILES string of the molecule is CCC[C@H](C)NC(=O)[C@H]1CCCN(C(=O)C(C)(C)C)C1. The molecule has 0 unspecified atom stereocenters. The van der Waals surface area contributed by atoms with E-state index >= 15 is 0 Å². The molecule has 116 valence electrons. The number of piperidine rings is 1. The molecule has 1 fully saturated rings. The molecule has 1 aliphatic heterocycles. The van der Waals surface area contributed by atoms with E-state index in [1.807, 2.05) is 32.6 Å². The normalized spacial score (nSPS) is 21.4. The van der Waals surface area contributed by atoms with Crippen molar-refractivity contribution in [3.8, 4) is 0 Å². The molecule has 1 N–H and O–H groups in total. The van der Waals surface area contributed by atoms with Crippen LogP contribution in [0.2, 0.25) is 0 Å². The maximum absolute atomic E-state index is 12.3. The molecular formula is C16H30N2O2. The number of nitrogens with zero attached hydrogens (tertiary/aromatic N) is 1. The van der Waals surface area contributed by atoms with Gasteiger partial charge in [-0.15, -0.1) is 0 Å². The van der Waals surface area contributed by atoms with Crippen LogP contribution in [-0.4, -0.2) is 35.8 Å². The van der Waals surface area contributed by atoms with Gasteiger partial charge < -0.3 is 10.2 Å². The minimum atomic E-state index is -0.367. The topological polar surface area (TPSA) is 49.4 Å². The number of hydrogen-bond donors (Lipinski definition) is 1. The third-order valence-electron chi connectivity index (χ3n) is 3.83. The lowest BCUT2D eigenvalue weighted by Crippen LogP contribution is -2.49. The van der Waals surface area contributed by atoms with Gasteiger partial charge in [-0.25, -0.2) is 0 Å². The van der Waals surface area contributed by atoms with E-state index in [9.17, 15) is 9.59 Å². The van der Waals surface area contributed by atoms with Crippen LogP contribution in [0.25, 0.3) is 0 Å². The Morgan fingerprint density at radius 1 is 1.35 bits per heavy atom. The van der Waals surface area contributed by atoms with Crippen LogP contribution in [0.15, 0.2) is 0 Å². The first kappa shape index (κ1) is 17.0. The van der Waals surface area contributed by atoms with Crippen LogP contribution in [0.1, 0.15) is 60.3 Å². The predicted molar refractivity (Wildman–Crippen MR) is 81.3 cm³/mol. The molecule has 1 rings (SSSR count). The van der Waals surface area contributed by atoms with Gasteiger partial charge in [0.15, 0.2) is 0 Å². The minimum Gasteiger partial charge on any atom is -0.353 e. The van der Waals surface area contributed by atoms with Crippen molar-refractivity contribution >= 4 is 11.8 Å². The maximum atomic E-state index is 12.3. The predicted octanol–water partition coefficient (Wildman–Crippen LogP) is 2.58. The van der Waals surface area contributed by atoms with Gasteiger partial charge >= 0.3 is 0 Å². The van der Waals surface area contributed by atoms with E-state index in [1.165, 1.54) is 0 Å². The number of carbonyl (C=O) groups excluding carboxylic acids is 2. The maximum Gasteiger partial charge on any atom is 0.227 e. The van der Waals surface area contributed by atoms with Crippen LogP contribution in [0, 0.1) is 11.3 Å². The monoisotopic (exact) mass is 282 g/mol. The third kappa shape index (κ3) is 4.80. The zero-order valence-electron chi connectivity index (χ0n) is 13.7. The molecule has 4 nitrogen and oxygen atoms in total. The summed E-state index contributed by atoms with van der Waals surface area (Å²) in [5.41, 5.74) is -0.367. The van der Waals surface area contributed by atoms with Crippen molar-refractivity contribution in [2.24, 2.45) is 11.3 Å². The van der Waals surface area contributed by atoms with Crippen LogP contribution in [0.4, 0.5) is 0 Å². The van der Waals surface area contributed by atoms with Crippen molar-refractivity contribution in [3.05, 3.63) is 0 Å². The Morgan fingerprint density at radius 3 is 2.55 bits per heavy atom. The fraction of sp³-hybridized carbons (Fsp3) is 0.875. The zero-order valence-corrected chi connectivity index (χ0v) is 13.7. The molecule has 0 spiro atoms. The van der Waals surface area contributed by atoms with Crippen molar-refractivity contribution in [3.63, 3.8) is 0 Å². The molecule has 0 saturated carbocycles. The summed E-state index contributed by atoms with van der Waals surface area (Å²) in [7, 11) is 0. The van der Waals surface area contributed by atoms with Crippen molar-refractivity contribution in [1.29, 1.82) is 0 Å². The average Bonchev–Trinajstić information content (AvgIpc) is 2.37. The van der Waals surface area contributed by atoms with Crippen LogP contribution >= 0.6 is 0 Å². The van der Waals surface area contributed by atoms with E-state index < -0.39 is 0 Å². The summed E-state index contributed by atoms with van der Waals surface area (Å²) in [4.78, 5) is 26.4. The summed E-state index contributed by atoms with van der Waals surface area (Å²) >= 11 is 0. The zero-order chi connectivity index (χ0) is 15.3. The molecule has 2 amide bonds. The quantitative estimate of drug-likeness (QED) is 0.861. The van der Waals surface area contributed by atoms with E-state index in [0.29, 0.717) is 6.54 Å². The second kappa shape index (κ2) is 7.09. The van der Waals surface area contributed by atoms with Gasteiger partial charge in [-0.05, 0) is 26.2 Å². The average molecular weight is 282 g/mol. The van der Waals surface area contributed by atoms with E-state index in [-0.39, 0.29) is 29.2 Å². The molecule has 0 bridgehead atoms. The molecule has 0 aromatic rings. The van der Waals surface area contributed by atoms with Crippen LogP contribution < -0.4 is 5.32 Å². The number of likely N-dealkylation sites (tertiary alicyclic amines) is 1. The van der Waals surface area contributed by atoms with Crippen LogP contribution in [0.5, 0.6) is 0 Å². The van der Waals surface area contributed by atoms with Gasteiger partial charge in [0.25, 0.3) is 0 Å². The van der Waals surface area contributed by atoms with Crippen LogP contribution in [-0.2, 0) is 9.59 Å². The fourth-order valence-corrected chi connectivity index (χ4v) is 2.72. The molecule has 0 aliphatic carbocycles. The first-order valence-electron chi connectivity index (χ1n) is 7.85. The Bertz CT molecular complexity index is 347. The highest BCUT2D eigenvalue weighted by atomic mass is 16.2. The molecule has 0 aromatic carbocycles. The number of carbonyl (C=O) groups is 2. The first-order chi connectivity index (χ1) is 9.25. The van der Waals surface area contributed by atoms with E-state index in [4.69, 9.17) is 0 Å². The second-order valence-electron chi connectivity index (χ2n) is 7.04. The Kier molecular flexibility index (Phi) is 6.03. The van der Waals surface area contributed by atoms with E-state index in [2.05, 4.69) is 12.2 Å². The van der Waals surface area contributed by atoms with Crippen molar-refractivity contribution in [1.82, 2.24) is 10.2 Å². The van der Waals surface area contributed by atoms with Gasteiger partial charge in [-0.1, -0.05) is 34.1 Å². The molecular weight excluding hydrogens is 252 g/mol. The first-order valence-corrected chi connectivity index (χ1v) is 7.85. The lowest BCUT2D eigenvalue weighted by atomic mass is 9.90. The van der Waals surface area contributed by atoms with Crippen molar-refractivity contribution in [2.45, 2.75) is 66.3 Å². The van der Waals surface area contributed by atoms with Crippen molar-refractivity contribution in [2.75, 3.05) is 13.1 Å². The summed E-state index contributed by atoms with van der Waals surface area (Å²) < 4.78 is 0. The summed E-state index contributed by atoms with van der Waals surface area (Å²) in [5.74, 6) is 0.211. The molecule has 0 radical (unpaired) electrons. The van der Waals surface area contributed by atoms with Gasteiger partial charge in [-0.3, -0.25) is 9.59 Å². The lowest BCUT2D eigenvalue weighted by molar-refractivity contribution is -0.142. The standard InChI is InChI=1S/C16H30N2O2/c1-6-8-12(2)17-14(19)13-9-7-10-18(11-13)15(20)16(3,4)5/h12-13H,6-11H2,1-5H3,(H,17,19)/t12-,13-/m0/s1. The molecule has 1 aliphatic rings. The van der Waals surface area contributed by atoms with Gasteiger partial charge in [-0.2, -0.15) is 0 Å². The third-order valence-corrected chi connectivity index (χ3v) is 3.83. The number of hydrogen-bond acceptors (Lipinski definition) is 2. The summed E-state index contributed by atoms with van der Waals surface area (Å²) in [6, 6.07) is 0.223. The largest absolute Gasteiger partial charge is 0.353 e. The highest BCUT2D eigenvalue weighted by Gasteiger charge is 2.33. The summed E-state index contributed by atoms with van der Waals surface area (Å²) in [6.07, 6.45) is 3.88. The van der Waals surface area contributed by atoms with E-state index in [0.717, 1.165) is 32.2 Å². The Balaban J connectivity index is 2.56. The molecule has 20 heavy (non-hydrogen) atoms. The van der Waals surface area contributed by atoms with Gasteiger partial charge in [0.1, 0.15) is 0 Å². The number of nitrogens with one attached hydrogen (secondary N) is 1. The van der Waals surface area contributed by atoms with Crippen LogP contribution in [0.3, 0.4) is 0 Å².